The number of aromatic nitrogens is 1. The minimum absolute atomic E-state index is 0.173. The van der Waals surface area contributed by atoms with Crippen molar-refractivity contribution in [1.82, 2.24) is 15.2 Å². The van der Waals surface area contributed by atoms with Crippen LogP contribution in [0.4, 0.5) is 18.0 Å². The third kappa shape index (κ3) is 4.52. The van der Waals surface area contributed by atoms with Crippen LogP contribution in [0.1, 0.15) is 23.0 Å². The Bertz CT molecular complexity index is 863. The van der Waals surface area contributed by atoms with E-state index in [1.807, 2.05) is 0 Å². The highest BCUT2D eigenvalue weighted by molar-refractivity contribution is 5.95. The highest BCUT2D eigenvalue weighted by Gasteiger charge is 2.31. The van der Waals surface area contributed by atoms with Gasteiger partial charge < -0.3 is 25.0 Å². The Morgan fingerprint density at radius 3 is 2.81 bits per heavy atom. The van der Waals surface area contributed by atoms with Gasteiger partial charge in [-0.25, -0.2) is 4.79 Å². The van der Waals surface area contributed by atoms with Crippen molar-refractivity contribution in [3.05, 3.63) is 42.2 Å². The second-order valence-electron chi connectivity index (χ2n) is 5.98. The van der Waals surface area contributed by atoms with Gasteiger partial charge in [-0.3, -0.25) is 4.79 Å². The van der Waals surface area contributed by atoms with Crippen molar-refractivity contribution in [3.63, 3.8) is 0 Å². The van der Waals surface area contributed by atoms with E-state index in [4.69, 9.17) is 5.11 Å². The van der Waals surface area contributed by atoms with E-state index in [1.54, 1.807) is 22.9 Å². The van der Waals surface area contributed by atoms with Gasteiger partial charge in [0.25, 0.3) is 5.91 Å². The average molecular weight is 383 g/mol. The Labute approximate surface area is 151 Å². The Kier molecular flexibility index (Phi) is 4.98. The predicted molar refractivity (Wildman–Crippen MR) is 88.6 cm³/mol. The zero-order chi connectivity index (χ0) is 19.6. The maximum atomic E-state index is 12.4. The van der Waals surface area contributed by atoms with E-state index in [1.165, 1.54) is 18.2 Å². The third-order valence-corrected chi connectivity index (χ3v) is 4.13. The topological polar surface area (TPSA) is 92.6 Å². The molecule has 3 N–H and O–H groups in total. The molecule has 144 valence electrons. The molecule has 0 fully saturated rings. The van der Waals surface area contributed by atoms with E-state index in [0.717, 1.165) is 0 Å². The minimum atomic E-state index is -4.79. The largest absolute Gasteiger partial charge is 0.573 e. The molecule has 0 bridgehead atoms. The van der Waals surface area contributed by atoms with E-state index >= 15 is 0 Å². The van der Waals surface area contributed by atoms with Gasteiger partial charge in [0.1, 0.15) is 11.4 Å². The van der Waals surface area contributed by atoms with Gasteiger partial charge in [0.15, 0.2) is 0 Å². The van der Waals surface area contributed by atoms with Gasteiger partial charge in [-0.05, 0) is 30.2 Å². The molecule has 0 spiro atoms. The van der Waals surface area contributed by atoms with Gasteiger partial charge in [0.2, 0.25) is 0 Å². The number of nitrogens with zero attached hydrogens (tertiary/aromatic N) is 1. The van der Waals surface area contributed by atoms with Crippen LogP contribution >= 0.6 is 0 Å². The van der Waals surface area contributed by atoms with Crippen molar-refractivity contribution >= 4 is 12.0 Å². The Morgan fingerprint density at radius 2 is 2.11 bits per heavy atom. The normalized spacial score (nSPS) is 16.4. The Balaban J connectivity index is 1.86. The summed E-state index contributed by atoms with van der Waals surface area (Å²) >= 11 is 0. The number of benzene rings is 1. The van der Waals surface area contributed by atoms with Crippen LogP contribution < -0.4 is 15.4 Å². The summed E-state index contributed by atoms with van der Waals surface area (Å²) < 4.78 is 42.9. The maximum Gasteiger partial charge on any atom is 0.573 e. The molecule has 1 atom stereocenters. The lowest BCUT2D eigenvalue weighted by Crippen LogP contribution is -2.39. The van der Waals surface area contributed by atoms with Crippen LogP contribution in [-0.4, -0.2) is 41.1 Å². The summed E-state index contributed by atoms with van der Waals surface area (Å²) in [5.41, 5.74) is 1.39. The first-order chi connectivity index (χ1) is 12.7. The number of ether oxygens (including phenoxy) is 1. The van der Waals surface area contributed by atoms with Crippen LogP contribution in [0.5, 0.6) is 5.75 Å². The molecule has 27 heavy (non-hydrogen) atoms. The van der Waals surface area contributed by atoms with Crippen LogP contribution in [-0.2, 0) is 0 Å². The summed E-state index contributed by atoms with van der Waals surface area (Å²) in [6.45, 7) is 0.538. The second kappa shape index (κ2) is 7.22. The fourth-order valence-corrected chi connectivity index (χ4v) is 2.98. The summed E-state index contributed by atoms with van der Waals surface area (Å²) in [6, 6.07) is 6.89. The molecule has 2 aromatic rings. The number of fused-ring (bicyclic) bond motifs is 1. The first-order valence-electron chi connectivity index (χ1n) is 8.06. The van der Waals surface area contributed by atoms with Gasteiger partial charge in [-0.15, -0.1) is 13.2 Å². The van der Waals surface area contributed by atoms with Crippen LogP contribution in [0, 0.1) is 0 Å². The van der Waals surface area contributed by atoms with Crippen LogP contribution in [0.2, 0.25) is 0 Å². The minimum Gasteiger partial charge on any atom is -0.465 e. The lowest BCUT2D eigenvalue weighted by Gasteiger charge is -2.26. The second-order valence-corrected chi connectivity index (χ2v) is 5.98. The molecule has 1 aromatic heterocycles. The first-order valence-corrected chi connectivity index (χ1v) is 8.06. The zero-order valence-electron chi connectivity index (χ0n) is 13.9. The van der Waals surface area contributed by atoms with Gasteiger partial charge in [-0.2, -0.15) is 0 Å². The quantitative estimate of drug-likeness (QED) is 0.740. The molecule has 1 aromatic carbocycles. The number of carbonyl (C=O) groups excluding carboxylic acids is 1. The highest BCUT2D eigenvalue weighted by Crippen LogP contribution is 2.31. The number of amides is 2. The number of rotatable bonds is 5. The van der Waals surface area contributed by atoms with Crippen molar-refractivity contribution in [2.45, 2.75) is 18.8 Å². The predicted octanol–water partition coefficient (Wildman–Crippen LogP) is 3.00. The van der Waals surface area contributed by atoms with Gasteiger partial charge in [-0.1, -0.05) is 12.1 Å². The molecule has 0 unspecified atom stereocenters. The molecular weight excluding hydrogens is 367 g/mol. The third-order valence-electron chi connectivity index (χ3n) is 4.13. The molecule has 0 aliphatic carbocycles. The van der Waals surface area contributed by atoms with Crippen molar-refractivity contribution in [3.8, 4) is 16.9 Å². The number of carboxylic acid groups (broad SMARTS) is 1. The molecule has 10 heteroatoms. The number of nitrogens with one attached hydrogen (secondary N) is 2. The molecule has 0 saturated heterocycles. The molecule has 1 aliphatic heterocycles. The number of hydrogen-bond acceptors (Lipinski definition) is 3. The van der Waals surface area contributed by atoms with E-state index < -0.39 is 12.5 Å². The summed E-state index contributed by atoms with van der Waals surface area (Å²) in [7, 11) is 0. The fourth-order valence-electron chi connectivity index (χ4n) is 2.98. The van der Waals surface area contributed by atoms with E-state index in [-0.39, 0.29) is 24.2 Å². The fraction of sp³-hybridized carbons (Fsp3) is 0.294. The Hall–Kier alpha value is -3.17. The monoisotopic (exact) mass is 383 g/mol. The lowest BCUT2D eigenvalue weighted by molar-refractivity contribution is -0.274. The highest BCUT2D eigenvalue weighted by atomic mass is 19.4. The number of carbonyl (C=O) groups is 2. The zero-order valence-corrected chi connectivity index (χ0v) is 13.9. The number of hydrogen-bond donors (Lipinski definition) is 3. The maximum absolute atomic E-state index is 12.4. The number of halogens is 3. The van der Waals surface area contributed by atoms with E-state index in [2.05, 4.69) is 15.4 Å². The average Bonchev–Trinajstić information content (AvgIpc) is 3.02. The molecule has 2 heterocycles. The molecule has 2 amide bonds. The molecule has 0 saturated carbocycles. The Morgan fingerprint density at radius 1 is 1.33 bits per heavy atom. The molecule has 0 radical (unpaired) electrons. The van der Waals surface area contributed by atoms with E-state index in [0.29, 0.717) is 29.8 Å². The lowest BCUT2D eigenvalue weighted by atomic mass is 10.1. The van der Waals surface area contributed by atoms with Gasteiger partial charge in [0.05, 0.1) is 6.04 Å². The SMILES string of the molecule is O=C(O)NCC[C@H]1CNC(=O)c2cc(-c3cccc(OC(F)(F)F)c3)cn21. The molecule has 3 rings (SSSR count). The van der Waals surface area contributed by atoms with Crippen LogP contribution in [0.3, 0.4) is 0 Å². The van der Waals surface area contributed by atoms with Crippen LogP contribution in [0.25, 0.3) is 11.1 Å². The van der Waals surface area contributed by atoms with Crippen molar-refractivity contribution in [2.24, 2.45) is 0 Å². The standard InChI is InChI=1S/C17H16F3N3O4/c18-17(19,20)27-13-3-1-2-10(6-13)11-7-14-15(24)22-8-12(23(14)9-11)4-5-21-16(25)26/h1-3,6-7,9,12,21H,4-5,8H2,(H,22,24)(H,25,26)/t12-/m0/s1. The molecular formula is C17H16F3N3O4. The van der Waals surface area contributed by atoms with Crippen LogP contribution in [0.15, 0.2) is 36.5 Å². The molecule has 1 aliphatic rings. The van der Waals surface area contributed by atoms with Crippen molar-refractivity contribution in [1.29, 1.82) is 0 Å². The van der Waals surface area contributed by atoms with Crippen molar-refractivity contribution < 1.29 is 32.6 Å². The van der Waals surface area contributed by atoms with Gasteiger partial charge >= 0.3 is 12.5 Å². The summed E-state index contributed by atoms with van der Waals surface area (Å²) in [4.78, 5) is 22.7. The summed E-state index contributed by atoms with van der Waals surface area (Å²) in [6.07, 6.45) is -3.80. The van der Waals surface area contributed by atoms with Crippen molar-refractivity contribution in [2.75, 3.05) is 13.1 Å². The van der Waals surface area contributed by atoms with Gasteiger partial charge in [0, 0.05) is 24.8 Å². The first kappa shape index (κ1) is 18.6. The summed E-state index contributed by atoms with van der Waals surface area (Å²) in [5, 5.41) is 13.7. The summed E-state index contributed by atoms with van der Waals surface area (Å²) in [5.74, 6) is -0.651. The molecule has 7 nitrogen and oxygen atoms in total. The number of alkyl halides is 3. The van der Waals surface area contributed by atoms with E-state index in [9.17, 15) is 22.8 Å². The smallest absolute Gasteiger partial charge is 0.465 e.